The Bertz CT molecular complexity index is 1150. The van der Waals surface area contributed by atoms with Crippen LogP contribution in [-0.2, 0) is 6.18 Å². The minimum atomic E-state index is -4.48. The van der Waals surface area contributed by atoms with Gasteiger partial charge in [0.1, 0.15) is 14.4 Å². The number of nitrogens with one attached hydrogen (secondary N) is 1. The highest BCUT2D eigenvalue weighted by molar-refractivity contribution is 7.40. The Hall–Kier alpha value is -2.42. The third-order valence-corrected chi connectivity index (χ3v) is 6.44. The zero-order valence-electron chi connectivity index (χ0n) is 13.9. The zero-order chi connectivity index (χ0) is 19.9. The number of alkyl halides is 3. The Morgan fingerprint density at radius 3 is 2.32 bits per heavy atom. The summed E-state index contributed by atoms with van der Waals surface area (Å²) in [5, 5.41) is 3.38. The minimum Gasteiger partial charge on any atom is -0.298 e. The first-order valence-electron chi connectivity index (χ1n) is 7.96. The summed E-state index contributed by atoms with van der Waals surface area (Å²) in [6.45, 7) is 0. The number of fused-ring (bicyclic) bond motifs is 1. The third kappa shape index (κ3) is 3.63. The van der Waals surface area contributed by atoms with Crippen molar-refractivity contribution in [3.63, 3.8) is 0 Å². The number of carbonyl (C=O) groups is 1. The van der Waals surface area contributed by atoms with Gasteiger partial charge in [0, 0.05) is 16.1 Å². The summed E-state index contributed by atoms with van der Waals surface area (Å²) < 4.78 is 41.0. The molecule has 0 aliphatic heterocycles. The van der Waals surface area contributed by atoms with Crippen LogP contribution >= 0.6 is 34.3 Å². The fraction of sp³-hybridized carbons (Fsp3) is 0.0526. The Morgan fingerprint density at radius 1 is 1.00 bits per heavy atom. The van der Waals surface area contributed by atoms with Crippen LogP contribution in [0.5, 0.6) is 0 Å². The molecule has 28 heavy (non-hydrogen) atoms. The second-order valence-electron chi connectivity index (χ2n) is 5.79. The van der Waals surface area contributed by atoms with E-state index in [1.54, 1.807) is 54.6 Å². The highest BCUT2D eigenvalue weighted by atomic mass is 35.5. The van der Waals surface area contributed by atoms with E-state index in [4.69, 9.17) is 11.6 Å². The number of halogens is 4. The number of amides is 1. The molecule has 0 radical (unpaired) electrons. The number of thiophene rings is 1. The van der Waals surface area contributed by atoms with Crippen LogP contribution < -0.4 is 5.32 Å². The predicted octanol–water partition coefficient (Wildman–Crippen LogP) is 6.95. The molecule has 4 rings (SSSR count). The largest absolute Gasteiger partial charge is 0.426 e. The molecule has 2 heterocycles. The van der Waals surface area contributed by atoms with Crippen LogP contribution in [-0.4, -0.2) is 10.9 Å². The van der Waals surface area contributed by atoms with Crippen LogP contribution in [0.3, 0.4) is 0 Å². The van der Waals surface area contributed by atoms with E-state index in [1.807, 2.05) is 0 Å². The van der Waals surface area contributed by atoms with Crippen molar-refractivity contribution in [1.82, 2.24) is 4.98 Å². The van der Waals surface area contributed by atoms with Gasteiger partial charge in [-0.1, -0.05) is 53.3 Å². The topological polar surface area (TPSA) is 42.0 Å². The van der Waals surface area contributed by atoms with Gasteiger partial charge in [-0.15, -0.1) is 11.3 Å². The van der Waals surface area contributed by atoms with E-state index in [2.05, 4.69) is 10.3 Å². The van der Waals surface area contributed by atoms with Gasteiger partial charge in [0.15, 0.2) is 5.13 Å². The molecule has 0 saturated heterocycles. The van der Waals surface area contributed by atoms with E-state index in [0.717, 1.165) is 11.3 Å². The van der Waals surface area contributed by atoms with Gasteiger partial charge in [-0.2, -0.15) is 13.2 Å². The average molecular weight is 439 g/mol. The Balaban J connectivity index is 1.74. The first kappa shape index (κ1) is 18.9. The maximum absolute atomic E-state index is 13.5. The van der Waals surface area contributed by atoms with Gasteiger partial charge >= 0.3 is 6.18 Å². The summed E-state index contributed by atoms with van der Waals surface area (Å²) in [6.07, 6.45) is -4.48. The van der Waals surface area contributed by atoms with Gasteiger partial charge in [-0.05, 0) is 29.8 Å². The number of aromatic nitrogens is 1. The van der Waals surface area contributed by atoms with Gasteiger partial charge in [0.2, 0.25) is 0 Å². The van der Waals surface area contributed by atoms with Gasteiger partial charge < -0.3 is 0 Å². The maximum Gasteiger partial charge on any atom is 0.426 e. The zero-order valence-corrected chi connectivity index (χ0v) is 16.3. The van der Waals surface area contributed by atoms with Crippen LogP contribution in [0, 0.1) is 0 Å². The predicted molar refractivity (Wildman–Crippen MR) is 107 cm³/mol. The van der Waals surface area contributed by atoms with Gasteiger partial charge in [0.25, 0.3) is 5.91 Å². The molecule has 2 aromatic heterocycles. The van der Waals surface area contributed by atoms with Crippen molar-refractivity contribution >= 4 is 54.8 Å². The van der Waals surface area contributed by atoms with E-state index in [0.29, 0.717) is 31.5 Å². The average Bonchev–Trinajstić information content (AvgIpc) is 3.20. The van der Waals surface area contributed by atoms with Gasteiger partial charge in [-0.3, -0.25) is 10.1 Å². The molecule has 4 aromatic rings. The van der Waals surface area contributed by atoms with Crippen LogP contribution in [0.1, 0.15) is 15.2 Å². The molecule has 0 atom stereocenters. The van der Waals surface area contributed by atoms with Crippen molar-refractivity contribution in [2.45, 2.75) is 6.18 Å². The molecule has 1 N–H and O–H groups in total. The molecule has 0 fully saturated rings. The number of hydrogen-bond acceptors (Lipinski definition) is 4. The molecule has 2 aromatic carbocycles. The molecule has 3 nitrogen and oxygen atoms in total. The summed E-state index contributed by atoms with van der Waals surface area (Å²) in [7, 11) is 0. The van der Waals surface area contributed by atoms with Crippen molar-refractivity contribution in [1.29, 1.82) is 0 Å². The lowest BCUT2D eigenvalue weighted by Gasteiger charge is -2.08. The number of benzene rings is 2. The molecular formula is C19H10ClF3N2OS2. The molecule has 0 aliphatic rings. The summed E-state index contributed by atoms with van der Waals surface area (Å²) in [5.41, 5.74) is 1.08. The lowest BCUT2D eigenvalue weighted by molar-refractivity contribution is -0.133. The second kappa shape index (κ2) is 7.20. The summed E-state index contributed by atoms with van der Waals surface area (Å²) in [4.78, 5) is 15.9. The van der Waals surface area contributed by atoms with Gasteiger partial charge in [0.05, 0.1) is 0 Å². The normalized spacial score (nSPS) is 11.7. The van der Waals surface area contributed by atoms with Crippen LogP contribution in [0.2, 0.25) is 5.02 Å². The number of rotatable bonds is 3. The molecule has 0 unspecified atom stereocenters. The minimum absolute atomic E-state index is 0.0383. The van der Waals surface area contributed by atoms with Crippen LogP contribution in [0.4, 0.5) is 18.3 Å². The molecule has 0 spiro atoms. The quantitative estimate of drug-likeness (QED) is 0.376. The molecule has 0 aliphatic carbocycles. The molecule has 0 saturated carbocycles. The van der Waals surface area contributed by atoms with Crippen molar-refractivity contribution in [3.05, 3.63) is 70.1 Å². The fourth-order valence-electron chi connectivity index (χ4n) is 2.68. The molecule has 9 heteroatoms. The second-order valence-corrected chi connectivity index (χ2v) is 8.50. The summed E-state index contributed by atoms with van der Waals surface area (Å²) >= 11 is 7.46. The Morgan fingerprint density at radius 2 is 1.68 bits per heavy atom. The third-order valence-electron chi connectivity index (χ3n) is 3.90. The van der Waals surface area contributed by atoms with E-state index < -0.39 is 17.0 Å². The van der Waals surface area contributed by atoms with E-state index in [-0.39, 0.29) is 16.2 Å². The number of carbonyl (C=O) groups excluding carboxylic acids is 1. The Kier molecular flexibility index (Phi) is 4.86. The first-order valence-corrected chi connectivity index (χ1v) is 9.97. The number of hydrogen-bond donors (Lipinski definition) is 1. The van der Waals surface area contributed by atoms with Crippen molar-refractivity contribution in [3.8, 4) is 11.1 Å². The van der Waals surface area contributed by atoms with Crippen molar-refractivity contribution < 1.29 is 18.0 Å². The number of nitrogens with zero attached hydrogens (tertiary/aromatic N) is 1. The summed E-state index contributed by atoms with van der Waals surface area (Å²) in [5.74, 6) is -0.407. The van der Waals surface area contributed by atoms with E-state index in [1.165, 1.54) is 0 Å². The van der Waals surface area contributed by atoms with E-state index in [9.17, 15) is 18.0 Å². The molecule has 142 valence electrons. The van der Waals surface area contributed by atoms with Crippen molar-refractivity contribution in [2.24, 2.45) is 0 Å². The number of anilines is 1. The highest BCUT2D eigenvalue weighted by Gasteiger charge is 2.38. The first-order chi connectivity index (χ1) is 13.3. The summed E-state index contributed by atoms with van der Waals surface area (Å²) in [6, 6.07) is 14.6. The maximum atomic E-state index is 13.5. The number of thiazole rings is 1. The monoisotopic (exact) mass is 438 g/mol. The van der Waals surface area contributed by atoms with Gasteiger partial charge in [-0.25, -0.2) is 4.98 Å². The Labute approximate surface area is 170 Å². The van der Waals surface area contributed by atoms with Crippen molar-refractivity contribution in [2.75, 3.05) is 5.32 Å². The molecule has 0 bridgehead atoms. The highest BCUT2D eigenvalue weighted by Crippen LogP contribution is 2.49. The SMILES string of the molecule is O=C(Nc1nc2c(-c3ccccc3)c(C(F)(F)F)sc2s1)c1ccc(Cl)cc1. The molecule has 1 amide bonds. The lowest BCUT2D eigenvalue weighted by atomic mass is 10.1. The molecular weight excluding hydrogens is 429 g/mol. The van der Waals surface area contributed by atoms with E-state index >= 15 is 0 Å². The fourth-order valence-corrected chi connectivity index (χ4v) is 5.02. The van der Waals surface area contributed by atoms with Crippen LogP contribution in [0.15, 0.2) is 54.6 Å². The standard InChI is InChI=1S/C19H10ClF3N2OS2/c20-12-8-6-11(7-9-12)16(26)25-18-24-14-13(10-4-2-1-3-5-10)15(19(21,22)23)27-17(14)28-18/h1-9H,(H,24,25,26). The smallest absolute Gasteiger partial charge is 0.298 e. The lowest BCUT2D eigenvalue weighted by Crippen LogP contribution is -2.11. The van der Waals surface area contributed by atoms with Crippen LogP contribution in [0.25, 0.3) is 20.7 Å².